The van der Waals surface area contributed by atoms with Gasteiger partial charge in [-0.15, -0.1) is 0 Å². The molecule has 0 unspecified atom stereocenters. The Hall–Kier alpha value is -3.07. The molecule has 3 aromatic rings. The van der Waals surface area contributed by atoms with Crippen molar-refractivity contribution in [2.45, 2.75) is 19.8 Å². The van der Waals surface area contributed by atoms with Gasteiger partial charge in [0.15, 0.2) is 5.65 Å². The molecule has 0 aliphatic rings. The molecule has 2 aromatic heterocycles. The third kappa shape index (κ3) is 2.26. The third-order valence-corrected chi connectivity index (χ3v) is 4.12. The van der Waals surface area contributed by atoms with Gasteiger partial charge in [-0.2, -0.15) is 14.9 Å². The Morgan fingerprint density at radius 3 is 2.71 bits per heavy atom. The maximum Gasteiger partial charge on any atom is 0.278 e. The molecule has 6 heteroatoms. The Morgan fingerprint density at radius 2 is 2.08 bits per heavy atom. The van der Waals surface area contributed by atoms with Crippen LogP contribution < -0.4 is 10.3 Å². The highest BCUT2D eigenvalue weighted by Crippen LogP contribution is 2.30. The number of nitrogens with zero attached hydrogens (tertiary/aromatic N) is 4. The second kappa shape index (κ2) is 5.85. The average Bonchev–Trinajstić information content (AvgIpc) is 3.02. The summed E-state index contributed by atoms with van der Waals surface area (Å²) in [5.41, 5.74) is 2.96. The predicted molar refractivity (Wildman–Crippen MR) is 91.2 cm³/mol. The standard InChI is InChI=1S/C18H18N4O2/c1-11(2)15-16(12-6-5-7-14(8-12)24-4)21(3)17-13(9-19)10-20-22(17)18(15)23/h5-8,10-11H,1-4H3. The first-order valence-electron chi connectivity index (χ1n) is 7.64. The molecule has 0 saturated carbocycles. The number of benzene rings is 1. The van der Waals surface area contributed by atoms with Gasteiger partial charge in [0.2, 0.25) is 0 Å². The van der Waals surface area contributed by atoms with E-state index < -0.39 is 0 Å². The summed E-state index contributed by atoms with van der Waals surface area (Å²) >= 11 is 0. The largest absolute Gasteiger partial charge is 0.497 e. The van der Waals surface area contributed by atoms with E-state index in [4.69, 9.17) is 4.74 Å². The lowest BCUT2D eigenvalue weighted by molar-refractivity contribution is 0.415. The van der Waals surface area contributed by atoms with Crippen LogP contribution >= 0.6 is 0 Å². The zero-order valence-electron chi connectivity index (χ0n) is 14.1. The summed E-state index contributed by atoms with van der Waals surface area (Å²) in [6.07, 6.45) is 1.43. The van der Waals surface area contributed by atoms with Gasteiger partial charge in [0.1, 0.15) is 17.4 Å². The molecule has 0 aliphatic heterocycles. The minimum Gasteiger partial charge on any atom is -0.497 e. The second-order valence-electron chi connectivity index (χ2n) is 5.92. The highest BCUT2D eigenvalue weighted by atomic mass is 16.5. The third-order valence-electron chi connectivity index (χ3n) is 4.12. The first-order chi connectivity index (χ1) is 11.5. The minimum atomic E-state index is -0.197. The van der Waals surface area contributed by atoms with Gasteiger partial charge in [-0.05, 0) is 18.1 Å². The fraction of sp³-hybridized carbons (Fsp3) is 0.278. The van der Waals surface area contributed by atoms with Crippen molar-refractivity contribution in [3.63, 3.8) is 0 Å². The van der Waals surface area contributed by atoms with Crippen LogP contribution in [-0.2, 0) is 7.05 Å². The number of hydrogen-bond acceptors (Lipinski definition) is 4. The van der Waals surface area contributed by atoms with Gasteiger partial charge < -0.3 is 9.30 Å². The summed E-state index contributed by atoms with van der Waals surface area (Å²) in [7, 11) is 3.45. The Morgan fingerprint density at radius 1 is 1.33 bits per heavy atom. The molecule has 0 atom stereocenters. The van der Waals surface area contributed by atoms with Crippen LogP contribution in [0.2, 0.25) is 0 Å². The van der Waals surface area contributed by atoms with Crippen molar-refractivity contribution in [3.05, 3.63) is 51.9 Å². The molecule has 6 nitrogen and oxygen atoms in total. The van der Waals surface area contributed by atoms with E-state index in [1.54, 1.807) is 7.11 Å². The van der Waals surface area contributed by atoms with E-state index in [1.807, 2.05) is 49.7 Å². The van der Waals surface area contributed by atoms with E-state index in [2.05, 4.69) is 11.2 Å². The van der Waals surface area contributed by atoms with Crippen LogP contribution in [0.4, 0.5) is 0 Å². The van der Waals surface area contributed by atoms with Crippen LogP contribution in [0.1, 0.15) is 30.9 Å². The summed E-state index contributed by atoms with van der Waals surface area (Å²) in [6, 6.07) is 9.66. The van der Waals surface area contributed by atoms with Gasteiger partial charge >= 0.3 is 0 Å². The Bertz CT molecular complexity index is 1020. The molecule has 24 heavy (non-hydrogen) atoms. The Balaban J connectivity index is 2.49. The Kier molecular flexibility index (Phi) is 3.86. The van der Waals surface area contributed by atoms with Gasteiger partial charge in [0, 0.05) is 18.2 Å². The van der Waals surface area contributed by atoms with E-state index in [-0.39, 0.29) is 11.5 Å². The van der Waals surface area contributed by atoms with Crippen molar-refractivity contribution < 1.29 is 4.74 Å². The fourth-order valence-corrected chi connectivity index (χ4v) is 3.03. The Labute approximate surface area is 139 Å². The van der Waals surface area contributed by atoms with E-state index in [0.717, 1.165) is 11.3 Å². The molecule has 122 valence electrons. The predicted octanol–water partition coefficient (Wildman–Crippen LogP) is 2.70. The summed E-state index contributed by atoms with van der Waals surface area (Å²) in [6.45, 7) is 3.95. The minimum absolute atomic E-state index is 0.00374. The number of ether oxygens (including phenoxy) is 1. The summed E-state index contributed by atoms with van der Waals surface area (Å²) in [4.78, 5) is 12.9. The highest BCUT2D eigenvalue weighted by Gasteiger charge is 2.22. The molecular weight excluding hydrogens is 304 g/mol. The molecule has 2 heterocycles. The molecule has 0 amide bonds. The summed E-state index contributed by atoms with van der Waals surface area (Å²) < 4.78 is 8.47. The average molecular weight is 322 g/mol. The smallest absolute Gasteiger partial charge is 0.278 e. The van der Waals surface area contributed by atoms with Gasteiger partial charge in [-0.25, -0.2) is 0 Å². The molecule has 0 fully saturated rings. The van der Waals surface area contributed by atoms with Gasteiger partial charge in [0.25, 0.3) is 5.56 Å². The van der Waals surface area contributed by atoms with Gasteiger partial charge in [-0.1, -0.05) is 26.0 Å². The first kappa shape index (κ1) is 15.8. The van der Waals surface area contributed by atoms with Crippen LogP contribution in [0.5, 0.6) is 5.75 Å². The molecule has 3 rings (SSSR count). The number of aryl methyl sites for hydroxylation is 1. The second-order valence-corrected chi connectivity index (χ2v) is 5.92. The quantitative estimate of drug-likeness (QED) is 0.743. The first-order valence-corrected chi connectivity index (χ1v) is 7.64. The highest BCUT2D eigenvalue weighted by molar-refractivity contribution is 5.70. The summed E-state index contributed by atoms with van der Waals surface area (Å²) in [5, 5.41) is 13.4. The van der Waals surface area contributed by atoms with Crippen molar-refractivity contribution >= 4 is 5.65 Å². The van der Waals surface area contributed by atoms with E-state index >= 15 is 0 Å². The zero-order valence-corrected chi connectivity index (χ0v) is 14.1. The van der Waals surface area contributed by atoms with Gasteiger partial charge in [0.05, 0.1) is 19.0 Å². The normalized spacial score (nSPS) is 11.0. The molecule has 0 N–H and O–H groups in total. The van der Waals surface area contributed by atoms with E-state index in [1.165, 1.54) is 10.7 Å². The van der Waals surface area contributed by atoms with Crippen LogP contribution in [0, 0.1) is 11.3 Å². The van der Waals surface area contributed by atoms with Crippen molar-refractivity contribution in [1.82, 2.24) is 14.2 Å². The molecular formula is C18H18N4O2. The molecule has 0 radical (unpaired) electrons. The molecule has 0 saturated heterocycles. The summed E-state index contributed by atoms with van der Waals surface area (Å²) in [5.74, 6) is 0.715. The maximum atomic E-state index is 12.9. The van der Waals surface area contributed by atoms with Crippen LogP contribution in [0.15, 0.2) is 35.3 Å². The van der Waals surface area contributed by atoms with Crippen molar-refractivity contribution in [3.8, 4) is 23.1 Å². The topological polar surface area (TPSA) is 72.3 Å². The molecule has 0 spiro atoms. The molecule has 0 bridgehead atoms. The van der Waals surface area contributed by atoms with Crippen LogP contribution in [-0.4, -0.2) is 21.3 Å². The maximum absolute atomic E-state index is 12.9. The lowest BCUT2D eigenvalue weighted by atomic mass is 9.97. The van der Waals surface area contributed by atoms with Crippen molar-refractivity contribution in [1.29, 1.82) is 5.26 Å². The lowest BCUT2D eigenvalue weighted by Crippen LogP contribution is -2.25. The number of hydrogen-bond donors (Lipinski definition) is 0. The van der Waals surface area contributed by atoms with Crippen LogP contribution in [0.3, 0.4) is 0 Å². The van der Waals surface area contributed by atoms with Gasteiger partial charge in [-0.3, -0.25) is 4.79 Å². The van der Waals surface area contributed by atoms with Crippen molar-refractivity contribution in [2.75, 3.05) is 7.11 Å². The monoisotopic (exact) mass is 322 g/mol. The number of methoxy groups -OCH3 is 1. The SMILES string of the molecule is COc1cccc(-c2c(C(C)C)c(=O)n3ncc(C#N)c3n2C)c1. The number of nitriles is 1. The molecule has 0 aliphatic carbocycles. The molecule has 1 aromatic carbocycles. The van der Waals surface area contributed by atoms with Crippen LogP contribution in [0.25, 0.3) is 16.9 Å². The zero-order chi connectivity index (χ0) is 17.4. The van der Waals surface area contributed by atoms with Crippen molar-refractivity contribution in [2.24, 2.45) is 7.05 Å². The lowest BCUT2D eigenvalue weighted by Gasteiger charge is -2.18. The fourth-order valence-electron chi connectivity index (χ4n) is 3.03. The van der Waals surface area contributed by atoms with E-state index in [0.29, 0.717) is 22.5 Å². The van der Waals surface area contributed by atoms with E-state index in [9.17, 15) is 10.1 Å². The number of rotatable bonds is 3. The number of aromatic nitrogens is 3. The number of fused-ring (bicyclic) bond motifs is 1.